The van der Waals surface area contributed by atoms with Crippen molar-refractivity contribution in [3.63, 3.8) is 0 Å². The first-order valence-electron chi connectivity index (χ1n) is 5.47. The van der Waals surface area contributed by atoms with Gasteiger partial charge in [0.2, 0.25) is 0 Å². The van der Waals surface area contributed by atoms with E-state index in [0.717, 1.165) is 10.4 Å². The third kappa shape index (κ3) is 2.29. The summed E-state index contributed by atoms with van der Waals surface area (Å²) in [7, 11) is 3.19. The van der Waals surface area contributed by atoms with E-state index in [2.05, 4.69) is 5.10 Å². The normalized spacial score (nSPS) is 10.1. The van der Waals surface area contributed by atoms with Crippen molar-refractivity contribution in [2.75, 3.05) is 11.9 Å². The Balaban J connectivity index is 2.31. The van der Waals surface area contributed by atoms with Crippen molar-refractivity contribution >= 4 is 11.6 Å². The molecule has 0 aliphatic heterocycles. The summed E-state index contributed by atoms with van der Waals surface area (Å²) < 4.78 is 1.14. The number of nitrogens with zero attached hydrogens (tertiary/aromatic N) is 3. The Morgan fingerprint density at radius 2 is 1.83 bits per heavy atom. The molecule has 0 spiro atoms. The fourth-order valence-electron chi connectivity index (χ4n) is 1.56. The molecule has 0 saturated heterocycles. The maximum Gasteiger partial charge on any atom is 0.278 e. The van der Waals surface area contributed by atoms with Crippen molar-refractivity contribution < 1.29 is 4.79 Å². The lowest BCUT2D eigenvalue weighted by atomic mass is 10.2. The second-order valence-corrected chi connectivity index (χ2v) is 3.88. The lowest BCUT2D eigenvalue weighted by Crippen LogP contribution is -2.30. The quantitative estimate of drug-likeness (QED) is 0.792. The van der Waals surface area contributed by atoms with Gasteiger partial charge in [-0.15, -0.1) is 0 Å². The van der Waals surface area contributed by atoms with Crippen molar-refractivity contribution in [1.29, 1.82) is 0 Å². The monoisotopic (exact) mass is 243 g/mol. The van der Waals surface area contributed by atoms with Crippen LogP contribution in [0.5, 0.6) is 0 Å². The highest BCUT2D eigenvalue weighted by Crippen LogP contribution is 2.13. The van der Waals surface area contributed by atoms with Gasteiger partial charge in [0.25, 0.3) is 11.5 Å². The van der Waals surface area contributed by atoms with Crippen LogP contribution in [0.3, 0.4) is 0 Å². The van der Waals surface area contributed by atoms with Crippen LogP contribution < -0.4 is 10.5 Å². The Labute approximate surface area is 104 Å². The van der Waals surface area contributed by atoms with Gasteiger partial charge in [-0.05, 0) is 18.2 Å². The topological polar surface area (TPSA) is 55.2 Å². The number of carbonyl (C=O) groups excluding carboxylic acids is 1. The summed E-state index contributed by atoms with van der Waals surface area (Å²) in [6.45, 7) is 0. The van der Waals surface area contributed by atoms with E-state index >= 15 is 0 Å². The molecule has 1 aromatic heterocycles. The summed E-state index contributed by atoms with van der Waals surface area (Å²) in [6.07, 6.45) is 0. The van der Waals surface area contributed by atoms with Crippen molar-refractivity contribution in [2.45, 2.75) is 0 Å². The van der Waals surface area contributed by atoms with Crippen LogP contribution in [0.4, 0.5) is 5.69 Å². The predicted octanol–water partition coefficient (Wildman–Crippen LogP) is 1.06. The van der Waals surface area contributed by atoms with Crippen LogP contribution >= 0.6 is 0 Å². The van der Waals surface area contributed by atoms with Gasteiger partial charge in [-0.3, -0.25) is 9.59 Å². The van der Waals surface area contributed by atoms with Crippen LogP contribution in [0.25, 0.3) is 0 Å². The van der Waals surface area contributed by atoms with E-state index in [-0.39, 0.29) is 17.2 Å². The van der Waals surface area contributed by atoms with Gasteiger partial charge in [-0.25, -0.2) is 4.68 Å². The molecule has 0 atom stereocenters. The Kier molecular flexibility index (Phi) is 3.23. The minimum absolute atomic E-state index is 0.239. The number of rotatable bonds is 2. The van der Waals surface area contributed by atoms with Gasteiger partial charge in [0.1, 0.15) is 5.69 Å². The Morgan fingerprint density at radius 3 is 2.44 bits per heavy atom. The molecule has 0 bridgehead atoms. The van der Waals surface area contributed by atoms with E-state index in [1.807, 2.05) is 30.3 Å². The zero-order chi connectivity index (χ0) is 13.1. The fourth-order valence-corrected chi connectivity index (χ4v) is 1.56. The number of para-hydroxylation sites is 1. The maximum atomic E-state index is 12.2. The van der Waals surface area contributed by atoms with E-state index in [0.29, 0.717) is 0 Å². The number of amides is 1. The van der Waals surface area contributed by atoms with Gasteiger partial charge in [0, 0.05) is 25.8 Å². The lowest BCUT2D eigenvalue weighted by molar-refractivity contribution is 0.0986. The van der Waals surface area contributed by atoms with Crippen molar-refractivity contribution in [2.24, 2.45) is 7.05 Å². The van der Waals surface area contributed by atoms with E-state index in [4.69, 9.17) is 0 Å². The average Bonchev–Trinajstić information content (AvgIpc) is 2.41. The number of aryl methyl sites for hydroxylation is 1. The second-order valence-electron chi connectivity index (χ2n) is 3.88. The van der Waals surface area contributed by atoms with Crippen LogP contribution in [0, 0.1) is 0 Å². The number of anilines is 1. The molecule has 1 aromatic carbocycles. The summed E-state index contributed by atoms with van der Waals surface area (Å²) in [5.74, 6) is -0.253. The van der Waals surface area contributed by atoms with Crippen molar-refractivity contribution in [3.8, 4) is 0 Å². The zero-order valence-corrected chi connectivity index (χ0v) is 10.2. The molecule has 2 aromatic rings. The minimum atomic E-state index is -0.253. The van der Waals surface area contributed by atoms with Crippen LogP contribution in [-0.2, 0) is 7.05 Å². The van der Waals surface area contributed by atoms with Gasteiger partial charge in [-0.2, -0.15) is 5.10 Å². The lowest BCUT2D eigenvalue weighted by Gasteiger charge is -2.16. The molecule has 2 rings (SSSR count). The highest BCUT2D eigenvalue weighted by molar-refractivity contribution is 6.04. The van der Waals surface area contributed by atoms with Gasteiger partial charge in [0.15, 0.2) is 0 Å². The Morgan fingerprint density at radius 1 is 1.17 bits per heavy atom. The van der Waals surface area contributed by atoms with E-state index in [1.165, 1.54) is 24.1 Å². The van der Waals surface area contributed by atoms with E-state index in [9.17, 15) is 9.59 Å². The molecule has 1 heterocycles. The van der Waals surface area contributed by atoms with Gasteiger partial charge in [-0.1, -0.05) is 18.2 Å². The first-order chi connectivity index (χ1) is 8.59. The highest BCUT2D eigenvalue weighted by atomic mass is 16.2. The highest BCUT2D eigenvalue weighted by Gasteiger charge is 2.15. The first-order valence-corrected chi connectivity index (χ1v) is 5.47. The van der Waals surface area contributed by atoms with Crippen LogP contribution in [-0.4, -0.2) is 22.7 Å². The summed E-state index contributed by atoms with van der Waals surface area (Å²) in [5.41, 5.74) is 0.774. The Hall–Kier alpha value is -2.43. The average molecular weight is 243 g/mol. The molecule has 0 aliphatic rings. The molecule has 1 amide bonds. The molecule has 0 radical (unpaired) electrons. The van der Waals surface area contributed by atoms with Crippen LogP contribution in [0.2, 0.25) is 0 Å². The van der Waals surface area contributed by atoms with Crippen molar-refractivity contribution in [1.82, 2.24) is 9.78 Å². The van der Waals surface area contributed by atoms with E-state index < -0.39 is 0 Å². The molecular formula is C13H13N3O2. The van der Waals surface area contributed by atoms with Crippen LogP contribution in [0.15, 0.2) is 47.3 Å². The van der Waals surface area contributed by atoms with Crippen LogP contribution in [0.1, 0.15) is 10.5 Å². The summed E-state index contributed by atoms with van der Waals surface area (Å²) in [6, 6.07) is 12.0. The number of hydrogen-bond donors (Lipinski definition) is 0. The molecule has 18 heavy (non-hydrogen) atoms. The fraction of sp³-hybridized carbons (Fsp3) is 0.154. The second kappa shape index (κ2) is 4.83. The van der Waals surface area contributed by atoms with E-state index in [1.54, 1.807) is 7.05 Å². The van der Waals surface area contributed by atoms with Gasteiger partial charge in [0.05, 0.1) is 0 Å². The SMILES string of the molecule is CN(C(=O)c1ccc(=O)n(C)n1)c1ccccc1. The Bertz CT molecular complexity index is 620. The predicted molar refractivity (Wildman–Crippen MR) is 68.7 cm³/mol. The molecule has 0 aliphatic carbocycles. The standard InChI is InChI=1S/C13H13N3O2/c1-15(10-6-4-3-5-7-10)13(18)11-8-9-12(17)16(2)14-11/h3-9H,1-2H3. The summed E-state index contributed by atoms with van der Waals surface area (Å²) in [5, 5.41) is 3.93. The van der Waals surface area contributed by atoms with Gasteiger partial charge >= 0.3 is 0 Å². The molecule has 92 valence electrons. The largest absolute Gasteiger partial charge is 0.310 e. The minimum Gasteiger partial charge on any atom is -0.310 e. The molecule has 0 saturated carbocycles. The maximum absolute atomic E-state index is 12.2. The molecule has 5 nitrogen and oxygen atoms in total. The number of benzene rings is 1. The number of aromatic nitrogens is 2. The molecule has 5 heteroatoms. The third-order valence-electron chi connectivity index (χ3n) is 2.63. The molecule has 0 N–H and O–H groups in total. The molecule has 0 fully saturated rings. The first kappa shape index (κ1) is 12.0. The third-order valence-corrected chi connectivity index (χ3v) is 2.63. The summed E-state index contributed by atoms with van der Waals surface area (Å²) in [4.78, 5) is 24.9. The zero-order valence-electron chi connectivity index (χ0n) is 10.2. The smallest absolute Gasteiger partial charge is 0.278 e. The van der Waals surface area contributed by atoms with Crippen molar-refractivity contribution in [3.05, 3.63) is 58.5 Å². The number of hydrogen-bond acceptors (Lipinski definition) is 3. The van der Waals surface area contributed by atoms with Gasteiger partial charge < -0.3 is 4.90 Å². The number of carbonyl (C=O) groups is 1. The summed E-state index contributed by atoms with van der Waals surface area (Å²) >= 11 is 0. The molecule has 0 unspecified atom stereocenters. The molecular weight excluding hydrogens is 230 g/mol.